The molecular formula is C15H22N2O2. The Kier molecular flexibility index (Phi) is 4.80. The maximum atomic E-state index is 12.0. The molecular weight excluding hydrogens is 240 g/mol. The third kappa shape index (κ3) is 3.96. The van der Waals surface area contributed by atoms with E-state index in [2.05, 4.69) is 17.1 Å². The highest BCUT2D eigenvalue weighted by Gasteiger charge is 2.20. The van der Waals surface area contributed by atoms with Gasteiger partial charge in [0.2, 0.25) is 5.91 Å². The van der Waals surface area contributed by atoms with Crippen LogP contribution >= 0.6 is 0 Å². The van der Waals surface area contributed by atoms with Crippen molar-refractivity contribution in [2.24, 2.45) is 0 Å². The first-order chi connectivity index (χ1) is 9.19. The number of nitrogens with one attached hydrogen (secondary N) is 1. The quantitative estimate of drug-likeness (QED) is 0.886. The SMILES string of the molecule is COc1ccc(NC(=O)C[C@H](C)N2CCCC2)cc1. The summed E-state index contributed by atoms with van der Waals surface area (Å²) in [5, 5.41) is 2.93. The van der Waals surface area contributed by atoms with Crippen LogP contribution in [0, 0.1) is 0 Å². The van der Waals surface area contributed by atoms with Gasteiger partial charge in [0.05, 0.1) is 7.11 Å². The van der Waals surface area contributed by atoms with Crippen molar-refractivity contribution < 1.29 is 9.53 Å². The van der Waals surface area contributed by atoms with Crippen LogP contribution in [0.1, 0.15) is 26.2 Å². The molecule has 1 aliphatic heterocycles. The number of anilines is 1. The summed E-state index contributed by atoms with van der Waals surface area (Å²) in [6.07, 6.45) is 3.06. The molecule has 0 aliphatic carbocycles. The number of rotatable bonds is 5. The van der Waals surface area contributed by atoms with Gasteiger partial charge in [0, 0.05) is 18.2 Å². The van der Waals surface area contributed by atoms with Gasteiger partial charge in [0.1, 0.15) is 5.75 Å². The predicted molar refractivity (Wildman–Crippen MR) is 76.5 cm³/mol. The molecule has 4 nitrogen and oxygen atoms in total. The lowest BCUT2D eigenvalue weighted by atomic mass is 10.2. The maximum Gasteiger partial charge on any atom is 0.225 e. The van der Waals surface area contributed by atoms with E-state index in [1.807, 2.05) is 24.3 Å². The van der Waals surface area contributed by atoms with Crippen LogP contribution in [0.3, 0.4) is 0 Å². The second-order valence-corrected chi connectivity index (χ2v) is 5.07. The first-order valence-corrected chi connectivity index (χ1v) is 6.87. The van der Waals surface area contributed by atoms with Crippen LogP contribution in [0.2, 0.25) is 0 Å². The Bertz CT molecular complexity index is 411. The van der Waals surface area contributed by atoms with Crippen molar-refractivity contribution in [2.45, 2.75) is 32.2 Å². The number of carbonyl (C=O) groups excluding carboxylic acids is 1. The first kappa shape index (κ1) is 13.9. The third-order valence-electron chi connectivity index (χ3n) is 3.62. The standard InChI is InChI=1S/C15H22N2O2/c1-12(17-9-3-4-10-17)11-15(18)16-13-5-7-14(19-2)8-6-13/h5-8,12H,3-4,9-11H2,1-2H3,(H,16,18)/t12-/m0/s1. The van der Waals surface area contributed by atoms with Gasteiger partial charge in [-0.3, -0.25) is 4.79 Å². The molecule has 0 bridgehead atoms. The van der Waals surface area contributed by atoms with E-state index in [0.29, 0.717) is 12.5 Å². The van der Waals surface area contributed by atoms with Crippen LogP contribution < -0.4 is 10.1 Å². The summed E-state index contributed by atoms with van der Waals surface area (Å²) in [4.78, 5) is 14.3. The van der Waals surface area contributed by atoms with Gasteiger partial charge in [-0.15, -0.1) is 0 Å². The number of hydrogen-bond acceptors (Lipinski definition) is 3. The lowest BCUT2D eigenvalue weighted by Gasteiger charge is -2.23. The third-order valence-corrected chi connectivity index (χ3v) is 3.62. The van der Waals surface area contributed by atoms with E-state index >= 15 is 0 Å². The van der Waals surface area contributed by atoms with Gasteiger partial charge in [0.25, 0.3) is 0 Å². The molecule has 0 unspecified atom stereocenters. The summed E-state index contributed by atoms with van der Waals surface area (Å²) in [5.41, 5.74) is 0.819. The average Bonchev–Trinajstić information content (AvgIpc) is 2.93. The monoisotopic (exact) mass is 262 g/mol. The minimum absolute atomic E-state index is 0.0737. The molecule has 1 saturated heterocycles. The Morgan fingerprint density at radius 2 is 1.95 bits per heavy atom. The van der Waals surface area contributed by atoms with Crippen LogP contribution in [0.15, 0.2) is 24.3 Å². The van der Waals surface area contributed by atoms with Crippen LogP contribution in [0.4, 0.5) is 5.69 Å². The minimum Gasteiger partial charge on any atom is -0.497 e. The number of benzene rings is 1. The van der Waals surface area contributed by atoms with E-state index in [1.165, 1.54) is 12.8 Å². The molecule has 0 radical (unpaired) electrons. The van der Waals surface area contributed by atoms with Crippen LogP contribution in [-0.2, 0) is 4.79 Å². The molecule has 1 aliphatic rings. The van der Waals surface area contributed by atoms with Crippen LogP contribution in [0.25, 0.3) is 0 Å². The molecule has 0 aromatic heterocycles. The summed E-state index contributed by atoms with van der Waals surface area (Å²) in [7, 11) is 1.63. The number of hydrogen-bond donors (Lipinski definition) is 1. The van der Waals surface area contributed by atoms with Gasteiger partial charge in [-0.25, -0.2) is 0 Å². The topological polar surface area (TPSA) is 41.6 Å². The molecule has 19 heavy (non-hydrogen) atoms. The molecule has 1 fully saturated rings. The molecule has 1 amide bonds. The van der Waals surface area contributed by atoms with E-state index in [4.69, 9.17) is 4.74 Å². The first-order valence-electron chi connectivity index (χ1n) is 6.87. The summed E-state index contributed by atoms with van der Waals surface area (Å²) in [6.45, 7) is 4.37. The van der Waals surface area contributed by atoms with Crippen LogP contribution in [0.5, 0.6) is 5.75 Å². The van der Waals surface area contributed by atoms with Crippen molar-refractivity contribution in [1.82, 2.24) is 4.90 Å². The predicted octanol–water partition coefficient (Wildman–Crippen LogP) is 2.51. The number of nitrogens with zero attached hydrogens (tertiary/aromatic N) is 1. The Morgan fingerprint density at radius 3 is 2.53 bits per heavy atom. The molecule has 0 spiro atoms. The highest BCUT2D eigenvalue weighted by atomic mass is 16.5. The molecule has 1 aromatic rings. The molecule has 2 rings (SSSR count). The zero-order valence-corrected chi connectivity index (χ0v) is 11.7. The molecule has 1 atom stereocenters. The van der Waals surface area contributed by atoms with Gasteiger partial charge in [-0.1, -0.05) is 0 Å². The van der Waals surface area contributed by atoms with Crippen molar-refractivity contribution in [3.63, 3.8) is 0 Å². The fraction of sp³-hybridized carbons (Fsp3) is 0.533. The highest BCUT2D eigenvalue weighted by molar-refractivity contribution is 5.91. The second-order valence-electron chi connectivity index (χ2n) is 5.07. The van der Waals surface area contributed by atoms with Crippen molar-refractivity contribution in [3.8, 4) is 5.75 Å². The normalized spacial score (nSPS) is 17.2. The van der Waals surface area contributed by atoms with Gasteiger partial charge < -0.3 is 15.0 Å². The second kappa shape index (κ2) is 6.57. The number of methoxy groups -OCH3 is 1. The lowest BCUT2D eigenvalue weighted by Crippen LogP contribution is -2.33. The largest absolute Gasteiger partial charge is 0.497 e. The van der Waals surface area contributed by atoms with Crippen molar-refractivity contribution >= 4 is 11.6 Å². The summed E-state index contributed by atoms with van der Waals surface area (Å²) in [5.74, 6) is 0.869. The van der Waals surface area contributed by atoms with Crippen LogP contribution in [-0.4, -0.2) is 37.0 Å². The Hall–Kier alpha value is -1.55. The van der Waals surface area contributed by atoms with E-state index in [1.54, 1.807) is 7.11 Å². The van der Waals surface area contributed by atoms with Crippen molar-refractivity contribution in [1.29, 1.82) is 0 Å². The summed E-state index contributed by atoms with van der Waals surface area (Å²) >= 11 is 0. The molecule has 1 N–H and O–H groups in total. The Balaban J connectivity index is 1.82. The van der Waals surface area contributed by atoms with E-state index in [0.717, 1.165) is 24.5 Å². The van der Waals surface area contributed by atoms with E-state index in [9.17, 15) is 4.79 Å². The average molecular weight is 262 g/mol. The smallest absolute Gasteiger partial charge is 0.225 e. The number of likely N-dealkylation sites (tertiary alicyclic amines) is 1. The Labute approximate surface area is 114 Å². The molecule has 4 heteroatoms. The van der Waals surface area contributed by atoms with Crippen molar-refractivity contribution in [2.75, 3.05) is 25.5 Å². The number of ether oxygens (including phenoxy) is 1. The van der Waals surface area contributed by atoms with Gasteiger partial charge in [-0.05, 0) is 57.1 Å². The van der Waals surface area contributed by atoms with Gasteiger partial charge >= 0.3 is 0 Å². The highest BCUT2D eigenvalue weighted by Crippen LogP contribution is 2.17. The molecule has 1 heterocycles. The number of amides is 1. The minimum atomic E-state index is 0.0737. The van der Waals surface area contributed by atoms with E-state index in [-0.39, 0.29) is 5.91 Å². The van der Waals surface area contributed by atoms with Crippen molar-refractivity contribution in [3.05, 3.63) is 24.3 Å². The summed E-state index contributed by atoms with van der Waals surface area (Å²) < 4.78 is 5.09. The summed E-state index contributed by atoms with van der Waals surface area (Å²) in [6, 6.07) is 7.73. The number of carbonyl (C=O) groups is 1. The lowest BCUT2D eigenvalue weighted by molar-refractivity contribution is -0.117. The Morgan fingerprint density at radius 1 is 1.32 bits per heavy atom. The zero-order valence-electron chi connectivity index (χ0n) is 11.7. The van der Waals surface area contributed by atoms with Gasteiger partial charge in [-0.2, -0.15) is 0 Å². The zero-order chi connectivity index (χ0) is 13.7. The molecule has 0 saturated carbocycles. The van der Waals surface area contributed by atoms with E-state index < -0.39 is 0 Å². The maximum absolute atomic E-state index is 12.0. The van der Waals surface area contributed by atoms with Gasteiger partial charge in [0.15, 0.2) is 0 Å². The molecule has 104 valence electrons. The molecule has 1 aromatic carbocycles. The fourth-order valence-electron chi connectivity index (χ4n) is 2.47. The fourth-order valence-corrected chi connectivity index (χ4v) is 2.47.